The van der Waals surface area contributed by atoms with E-state index in [1.54, 1.807) is 7.11 Å². The van der Waals surface area contributed by atoms with Crippen molar-refractivity contribution in [3.8, 4) is 5.75 Å². The van der Waals surface area contributed by atoms with E-state index in [1.165, 1.54) is 5.56 Å². The molecule has 3 nitrogen and oxygen atoms in total. The number of hydrogen-bond donors (Lipinski definition) is 1. The Bertz CT molecular complexity index is 342. The summed E-state index contributed by atoms with van der Waals surface area (Å²) in [6, 6.07) is 8.75. The SMILES string of the molecule is CCNC(CCCOC)C1Cc2ccccc2O1. The number of nitrogens with one attached hydrogen (secondary N) is 1. The van der Waals surface area contributed by atoms with Gasteiger partial charge in [0.15, 0.2) is 0 Å². The minimum Gasteiger partial charge on any atom is -0.488 e. The minimum atomic E-state index is 0.263. The molecule has 0 saturated heterocycles. The molecule has 1 N–H and O–H groups in total. The van der Waals surface area contributed by atoms with Gasteiger partial charge in [-0.3, -0.25) is 0 Å². The fraction of sp³-hybridized carbons (Fsp3) is 0.600. The van der Waals surface area contributed by atoms with Gasteiger partial charge in [-0.25, -0.2) is 0 Å². The van der Waals surface area contributed by atoms with Crippen LogP contribution < -0.4 is 10.1 Å². The first kappa shape index (κ1) is 13.4. The second kappa shape index (κ2) is 6.76. The molecule has 1 aliphatic heterocycles. The summed E-state index contributed by atoms with van der Waals surface area (Å²) < 4.78 is 11.2. The Kier molecular flexibility index (Phi) is 5.02. The second-order valence-electron chi connectivity index (χ2n) is 4.77. The van der Waals surface area contributed by atoms with Crippen LogP contribution in [0.15, 0.2) is 24.3 Å². The summed E-state index contributed by atoms with van der Waals surface area (Å²) in [5, 5.41) is 3.54. The number of rotatable bonds is 7. The topological polar surface area (TPSA) is 30.5 Å². The number of benzene rings is 1. The fourth-order valence-electron chi connectivity index (χ4n) is 2.56. The van der Waals surface area contributed by atoms with Crippen LogP contribution in [0.2, 0.25) is 0 Å². The van der Waals surface area contributed by atoms with E-state index in [-0.39, 0.29) is 6.10 Å². The Balaban J connectivity index is 1.92. The Morgan fingerprint density at radius 1 is 1.44 bits per heavy atom. The number of para-hydroxylation sites is 1. The van der Waals surface area contributed by atoms with Gasteiger partial charge in [0.2, 0.25) is 0 Å². The fourth-order valence-corrected chi connectivity index (χ4v) is 2.56. The van der Waals surface area contributed by atoms with Crippen molar-refractivity contribution in [1.29, 1.82) is 0 Å². The Labute approximate surface area is 109 Å². The molecule has 3 heteroatoms. The molecule has 100 valence electrons. The molecule has 0 amide bonds. The van der Waals surface area contributed by atoms with Gasteiger partial charge < -0.3 is 14.8 Å². The van der Waals surface area contributed by atoms with Gasteiger partial charge in [-0.1, -0.05) is 25.1 Å². The molecule has 0 saturated carbocycles. The summed E-state index contributed by atoms with van der Waals surface area (Å²) in [6.07, 6.45) is 3.45. The molecule has 1 aliphatic rings. The van der Waals surface area contributed by atoms with Gasteiger partial charge in [-0.2, -0.15) is 0 Å². The normalized spacial score (nSPS) is 19.3. The first-order valence-electron chi connectivity index (χ1n) is 6.82. The molecule has 0 radical (unpaired) electrons. The lowest BCUT2D eigenvalue weighted by Gasteiger charge is -2.24. The van der Waals surface area contributed by atoms with Crippen LogP contribution in [-0.2, 0) is 11.2 Å². The summed E-state index contributed by atoms with van der Waals surface area (Å²) in [5.41, 5.74) is 1.33. The molecule has 2 rings (SSSR count). The van der Waals surface area contributed by atoms with Crippen molar-refractivity contribution in [2.45, 2.75) is 38.3 Å². The van der Waals surface area contributed by atoms with Crippen molar-refractivity contribution in [1.82, 2.24) is 5.32 Å². The van der Waals surface area contributed by atoms with Crippen LogP contribution >= 0.6 is 0 Å². The zero-order valence-electron chi connectivity index (χ0n) is 11.3. The number of methoxy groups -OCH3 is 1. The smallest absolute Gasteiger partial charge is 0.123 e. The van der Waals surface area contributed by atoms with Gasteiger partial charge in [-0.05, 0) is 31.0 Å². The standard InChI is InChI=1S/C15H23NO2/c1-3-16-13(8-6-10-17-2)15-11-12-7-4-5-9-14(12)18-15/h4-5,7,9,13,15-16H,3,6,8,10-11H2,1-2H3. The highest BCUT2D eigenvalue weighted by atomic mass is 16.5. The highest BCUT2D eigenvalue weighted by molar-refractivity contribution is 5.37. The van der Waals surface area contributed by atoms with Crippen LogP contribution in [0.4, 0.5) is 0 Å². The van der Waals surface area contributed by atoms with E-state index in [1.807, 2.05) is 6.07 Å². The van der Waals surface area contributed by atoms with Crippen molar-refractivity contribution < 1.29 is 9.47 Å². The molecule has 0 bridgehead atoms. The van der Waals surface area contributed by atoms with E-state index in [9.17, 15) is 0 Å². The van der Waals surface area contributed by atoms with E-state index in [4.69, 9.17) is 9.47 Å². The van der Waals surface area contributed by atoms with Crippen molar-refractivity contribution in [3.05, 3.63) is 29.8 Å². The average Bonchev–Trinajstić information content (AvgIpc) is 2.81. The molecule has 2 unspecified atom stereocenters. The summed E-state index contributed by atoms with van der Waals surface area (Å²) in [4.78, 5) is 0. The average molecular weight is 249 g/mol. The summed E-state index contributed by atoms with van der Waals surface area (Å²) >= 11 is 0. The lowest BCUT2D eigenvalue weighted by Crippen LogP contribution is -2.42. The second-order valence-corrected chi connectivity index (χ2v) is 4.77. The first-order chi connectivity index (χ1) is 8.85. The van der Waals surface area contributed by atoms with Gasteiger partial charge in [-0.15, -0.1) is 0 Å². The zero-order chi connectivity index (χ0) is 12.8. The molecule has 0 aliphatic carbocycles. The number of likely N-dealkylation sites (N-methyl/N-ethyl adjacent to an activating group) is 1. The lowest BCUT2D eigenvalue weighted by atomic mass is 10.0. The van der Waals surface area contributed by atoms with E-state index in [2.05, 4.69) is 30.4 Å². The Morgan fingerprint density at radius 2 is 2.28 bits per heavy atom. The number of ether oxygens (including phenoxy) is 2. The Hall–Kier alpha value is -1.06. The zero-order valence-corrected chi connectivity index (χ0v) is 11.3. The first-order valence-corrected chi connectivity index (χ1v) is 6.82. The van der Waals surface area contributed by atoms with E-state index < -0.39 is 0 Å². The van der Waals surface area contributed by atoms with Crippen LogP contribution in [0.3, 0.4) is 0 Å². The Morgan fingerprint density at radius 3 is 3.00 bits per heavy atom. The molecule has 0 spiro atoms. The van der Waals surface area contributed by atoms with Crippen LogP contribution in [0.25, 0.3) is 0 Å². The molecular weight excluding hydrogens is 226 g/mol. The van der Waals surface area contributed by atoms with Crippen molar-refractivity contribution in [2.24, 2.45) is 0 Å². The maximum absolute atomic E-state index is 6.05. The third-order valence-electron chi connectivity index (χ3n) is 3.45. The maximum Gasteiger partial charge on any atom is 0.123 e. The van der Waals surface area contributed by atoms with Crippen molar-refractivity contribution in [3.63, 3.8) is 0 Å². The van der Waals surface area contributed by atoms with Gasteiger partial charge in [0.05, 0.1) is 0 Å². The van der Waals surface area contributed by atoms with Gasteiger partial charge in [0.25, 0.3) is 0 Å². The highest BCUT2D eigenvalue weighted by Crippen LogP contribution is 2.30. The lowest BCUT2D eigenvalue weighted by molar-refractivity contribution is 0.151. The maximum atomic E-state index is 6.05. The predicted octanol–water partition coefficient (Wildman–Crippen LogP) is 2.39. The third-order valence-corrected chi connectivity index (χ3v) is 3.45. The van der Waals surface area contributed by atoms with E-state index in [0.29, 0.717) is 6.04 Å². The molecule has 1 heterocycles. The van der Waals surface area contributed by atoms with Crippen molar-refractivity contribution in [2.75, 3.05) is 20.3 Å². The minimum absolute atomic E-state index is 0.263. The molecule has 1 aromatic carbocycles. The number of fused-ring (bicyclic) bond motifs is 1. The van der Waals surface area contributed by atoms with Crippen LogP contribution in [0.5, 0.6) is 5.75 Å². The molecule has 1 aromatic rings. The van der Waals surface area contributed by atoms with Gasteiger partial charge >= 0.3 is 0 Å². The largest absolute Gasteiger partial charge is 0.488 e. The molecule has 2 atom stereocenters. The monoisotopic (exact) mass is 249 g/mol. The molecular formula is C15H23NO2. The summed E-state index contributed by atoms with van der Waals surface area (Å²) in [5.74, 6) is 1.05. The molecule has 18 heavy (non-hydrogen) atoms. The highest BCUT2D eigenvalue weighted by Gasteiger charge is 2.29. The van der Waals surface area contributed by atoms with Crippen molar-refractivity contribution >= 4 is 0 Å². The number of hydrogen-bond acceptors (Lipinski definition) is 3. The summed E-state index contributed by atoms with van der Waals surface area (Å²) in [6.45, 7) is 3.95. The van der Waals surface area contributed by atoms with Crippen LogP contribution in [0, 0.1) is 0 Å². The van der Waals surface area contributed by atoms with Crippen LogP contribution in [0.1, 0.15) is 25.3 Å². The van der Waals surface area contributed by atoms with Gasteiger partial charge in [0, 0.05) is 26.2 Å². The van der Waals surface area contributed by atoms with Gasteiger partial charge in [0.1, 0.15) is 11.9 Å². The molecule has 0 fully saturated rings. The third kappa shape index (κ3) is 3.24. The molecule has 0 aromatic heterocycles. The quantitative estimate of drug-likeness (QED) is 0.753. The predicted molar refractivity (Wildman–Crippen MR) is 73.1 cm³/mol. The van der Waals surface area contributed by atoms with E-state index >= 15 is 0 Å². The van der Waals surface area contributed by atoms with E-state index in [0.717, 1.165) is 38.2 Å². The van der Waals surface area contributed by atoms with Crippen LogP contribution in [-0.4, -0.2) is 32.4 Å². The summed E-state index contributed by atoms with van der Waals surface area (Å²) in [7, 11) is 1.75.